The summed E-state index contributed by atoms with van der Waals surface area (Å²) in [6.07, 6.45) is 4.92. The van der Waals surface area contributed by atoms with Gasteiger partial charge in [0, 0.05) is 37.1 Å². The molecule has 2 aromatic heterocycles. The molecule has 0 spiro atoms. The lowest BCUT2D eigenvalue weighted by atomic mass is 10.0. The highest BCUT2D eigenvalue weighted by Crippen LogP contribution is 2.31. The molecular formula is C14H11N5O2. The molecule has 0 bridgehead atoms. The van der Waals surface area contributed by atoms with Gasteiger partial charge in [0.2, 0.25) is 0 Å². The number of aryl methyl sites for hydroxylation is 1. The maximum Gasteiger partial charge on any atom is 0.270 e. The molecule has 104 valence electrons. The number of benzene rings is 1. The molecule has 0 aliphatic carbocycles. The molecule has 3 aromatic rings. The van der Waals surface area contributed by atoms with Crippen molar-refractivity contribution in [1.29, 1.82) is 0 Å². The van der Waals surface area contributed by atoms with E-state index in [9.17, 15) is 10.1 Å². The quantitative estimate of drug-likeness (QED) is 0.543. The zero-order valence-electron chi connectivity index (χ0n) is 11.2. The van der Waals surface area contributed by atoms with Crippen LogP contribution in [0.3, 0.4) is 0 Å². The smallest absolute Gasteiger partial charge is 0.270 e. The predicted molar refractivity (Wildman–Crippen MR) is 76.3 cm³/mol. The molecule has 2 heterocycles. The summed E-state index contributed by atoms with van der Waals surface area (Å²) in [7, 11) is 1.83. The summed E-state index contributed by atoms with van der Waals surface area (Å²) < 4.78 is 1.78. The average molecular weight is 281 g/mol. The third-order valence-corrected chi connectivity index (χ3v) is 3.14. The molecule has 0 unspecified atom stereocenters. The van der Waals surface area contributed by atoms with E-state index in [1.807, 2.05) is 19.2 Å². The molecule has 0 atom stereocenters. The van der Waals surface area contributed by atoms with E-state index in [2.05, 4.69) is 15.2 Å². The van der Waals surface area contributed by atoms with E-state index in [-0.39, 0.29) is 5.69 Å². The van der Waals surface area contributed by atoms with Gasteiger partial charge in [0.25, 0.3) is 5.69 Å². The standard InChI is InChI=1S/C14H11N5O2/c1-18-9-16-17-14(18)13-8-15-6-5-12(13)10-3-2-4-11(7-10)19(20)21/h2-9H,1H3. The lowest BCUT2D eigenvalue weighted by molar-refractivity contribution is -0.384. The summed E-state index contributed by atoms with van der Waals surface area (Å²) in [6, 6.07) is 8.29. The molecule has 7 nitrogen and oxygen atoms in total. The van der Waals surface area contributed by atoms with Crippen LogP contribution in [0.25, 0.3) is 22.5 Å². The number of pyridine rings is 1. The highest BCUT2D eigenvalue weighted by atomic mass is 16.6. The minimum Gasteiger partial charge on any atom is -0.317 e. The van der Waals surface area contributed by atoms with E-state index in [0.717, 1.165) is 16.7 Å². The molecule has 0 aliphatic heterocycles. The molecule has 0 aliphatic rings. The topological polar surface area (TPSA) is 86.7 Å². The number of hydrogen-bond donors (Lipinski definition) is 0. The van der Waals surface area contributed by atoms with Crippen molar-refractivity contribution in [2.75, 3.05) is 0 Å². The fourth-order valence-corrected chi connectivity index (χ4v) is 2.14. The highest BCUT2D eigenvalue weighted by Gasteiger charge is 2.14. The molecule has 0 saturated carbocycles. The highest BCUT2D eigenvalue weighted by molar-refractivity contribution is 5.80. The van der Waals surface area contributed by atoms with Crippen LogP contribution in [0.5, 0.6) is 0 Å². The second-order valence-corrected chi connectivity index (χ2v) is 4.49. The van der Waals surface area contributed by atoms with Gasteiger partial charge in [0.05, 0.1) is 4.92 Å². The maximum absolute atomic E-state index is 10.9. The van der Waals surface area contributed by atoms with E-state index in [1.165, 1.54) is 12.1 Å². The lowest BCUT2D eigenvalue weighted by Crippen LogP contribution is -1.95. The monoisotopic (exact) mass is 281 g/mol. The summed E-state index contributed by atoms with van der Waals surface area (Å²) in [5, 5.41) is 18.8. The van der Waals surface area contributed by atoms with Gasteiger partial charge in [-0.15, -0.1) is 10.2 Å². The van der Waals surface area contributed by atoms with Crippen molar-refractivity contribution in [3.8, 4) is 22.5 Å². The number of nitro benzene ring substituents is 1. The Hall–Kier alpha value is -3.09. The zero-order valence-corrected chi connectivity index (χ0v) is 11.2. The van der Waals surface area contributed by atoms with Crippen molar-refractivity contribution in [3.05, 3.63) is 59.2 Å². The van der Waals surface area contributed by atoms with Gasteiger partial charge in [-0.3, -0.25) is 15.1 Å². The first-order valence-corrected chi connectivity index (χ1v) is 6.20. The summed E-state index contributed by atoms with van der Waals surface area (Å²) in [5.41, 5.74) is 2.39. The van der Waals surface area contributed by atoms with Crippen LogP contribution < -0.4 is 0 Å². The Bertz CT molecular complexity index is 812. The third-order valence-electron chi connectivity index (χ3n) is 3.14. The van der Waals surface area contributed by atoms with E-state index < -0.39 is 4.92 Å². The second-order valence-electron chi connectivity index (χ2n) is 4.49. The Labute approximate surface area is 120 Å². The van der Waals surface area contributed by atoms with Crippen LogP contribution in [-0.2, 0) is 7.05 Å². The SMILES string of the molecule is Cn1cnnc1-c1cnccc1-c1cccc([N+](=O)[O-])c1. The molecule has 0 amide bonds. The van der Waals surface area contributed by atoms with Crippen LogP contribution in [0, 0.1) is 10.1 Å². The molecule has 21 heavy (non-hydrogen) atoms. The average Bonchev–Trinajstić information content (AvgIpc) is 2.93. The van der Waals surface area contributed by atoms with Crippen molar-refractivity contribution in [1.82, 2.24) is 19.7 Å². The van der Waals surface area contributed by atoms with Gasteiger partial charge in [-0.2, -0.15) is 0 Å². The van der Waals surface area contributed by atoms with Crippen molar-refractivity contribution < 1.29 is 4.92 Å². The van der Waals surface area contributed by atoms with Crippen LogP contribution in [-0.4, -0.2) is 24.7 Å². The molecule has 3 rings (SSSR count). The molecule has 0 radical (unpaired) electrons. The van der Waals surface area contributed by atoms with Crippen LogP contribution in [0.4, 0.5) is 5.69 Å². The van der Waals surface area contributed by atoms with Crippen molar-refractivity contribution in [3.63, 3.8) is 0 Å². The Morgan fingerprint density at radius 1 is 1.24 bits per heavy atom. The number of aromatic nitrogens is 4. The van der Waals surface area contributed by atoms with E-state index >= 15 is 0 Å². The largest absolute Gasteiger partial charge is 0.317 e. The molecule has 0 fully saturated rings. The van der Waals surface area contributed by atoms with Crippen LogP contribution in [0.15, 0.2) is 49.1 Å². The van der Waals surface area contributed by atoms with Crippen molar-refractivity contribution >= 4 is 5.69 Å². The normalized spacial score (nSPS) is 10.5. The number of nitro groups is 1. The van der Waals surface area contributed by atoms with Gasteiger partial charge in [0.15, 0.2) is 5.82 Å². The summed E-state index contributed by atoms with van der Waals surface area (Å²) in [4.78, 5) is 14.6. The number of rotatable bonds is 3. The van der Waals surface area contributed by atoms with Crippen LogP contribution >= 0.6 is 0 Å². The summed E-state index contributed by atoms with van der Waals surface area (Å²) in [5.74, 6) is 0.657. The van der Waals surface area contributed by atoms with Gasteiger partial charge < -0.3 is 4.57 Å². The van der Waals surface area contributed by atoms with Crippen LogP contribution in [0.1, 0.15) is 0 Å². The summed E-state index contributed by atoms with van der Waals surface area (Å²) >= 11 is 0. The second kappa shape index (κ2) is 5.12. The van der Waals surface area contributed by atoms with E-state index in [0.29, 0.717) is 5.82 Å². The van der Waals surface area contributed by atoms with Gasteiger partial charge in [-0.05, 0) is 17.2 Å². The Kier molecular flexibility index (Phi) is 3.15. The van der Waals surface area contributed by atoms with Gasteiger partial charge in [-0.1, -0.05) is 12.1 Å². The Morgan fingerprint density at radius 2 is 2.10 bits per heavy atom. The molecule has 7 heteroatoms. The van der Waals surface area contributed by atoms with Gasteiger partial charge in [0.1, 0.15) is 6.33 Å². The van der Waals surface area contributed by atoms with Crippen LogP contribution in [0.2, 0.25) is 0 Å². The minimum absolute atomic E-state index is 0.0493. The van der Waals surface area contributed by atoms with E-state index in [1.54, 1.807) is 29.4 Å². The van der Waals surface area contributed by atoms with Crippen molar-refractivity contribution in [2.24, 2.45) is 7.05 Å². The van der Waals surface area contributed by atoms with Gasteiger partial charge in [-0.25, -0.2) is 0 Å². The molecule has 1 aromatic carbocycles. The van der Waals surface area contributed by atoms with Crippen molar-refractivity contribution in [2.45, 2.75) is 0 Å². The lowest BCUT2D eigenvalue weighted by Gasteiger charge is -2.08. The Balaban J connectivity index is 2.18. The molecule has 0 N–H and O–H groups in total. The molecular weight excluding hydrogens is 270 g/mol. The fraction of sp³-hybridized carbons (Fsp3) is 0.0714. The van der Waals surface area contributed by atoms with E-state index in [4.69, 9.17) is 0 Å². The summed E-state index contributed by atoms with van der Waals surface area (Å²) in [6.45, 7) is 0. The van der Waals surface area contributed by atoms with Gasteiger partial charge >= 0.3 is 0 Å². The minimum atomic E-state index is -0.410. The molecule has 0 saturated heterocycles. The third kappa shape index (κ3) is 2.36. The maximum atomic E-state index is 10.9. The zero-order chi connectivity index (χ0) is 14.8. The number of hydrogen-bond acceptors (Lipinski definition) is 5. The fourth-order valence-electron chi connectivity index (χ4n) is 2.14. The first kappa shape index (κ1) is 12.9. The predicted octanol–water partition coefficient (Wildman–Crippen LogP) is 2.45. The first-order valence-electron chi connectivity index (χ1n) is 6.20. The first-order chi connectivity index (χ1) is 10.2. The number of non-ortho nitro benzene ring substituents is 1. The Morgan fingerprint density at radius 3 is 2.81 bits per heavy atom. The number of nitrogens with zero attached hydrogens (tertiary/aromatic N) is 5.